The van der Waals surface area contributed by atoms with Crippen LogP contribution in [0.5, 0.6) is 0 Å². The van der Waals surface area contributed by atoms with Gasteiger partial charge in [0.2, 0.25) is 5.95 Å². The maximum Gasteiger partial charge on any atom is 0.223 e. The van der Waals surface area contributed by atoms with Gasteiger partial charge in [0, 0.05) is 42.0 Å². The predicted octanol–water partition coefficient (Wildman–Crippen LogP) is 0.671. The molecule has 1 rings (SSSR count). The van der Waals surface area contributed by atoms with Gasteiger partial charge in [-0.1, -0.05) is 6.92 Å². The standard InChI is InChI=1S/C10H19N5OS/c1-3-4-12-8-7-9(15-10(11)14-8)13-5-6-17(2)16/h7H,3-6H2,1-2H3,(H4,11,12,13,14,15). The third-order valence-corrected chi connectivity index (χ3v) is 2.77. The molecule has 0 bridgehead atoms. The van der Waals surface area contributed by atoms with Crippen molar-refractivity contribution >= 4 is 28.4 Å². The summed E-state index contributed by atoms with van der Waals surface area (Å²) in [6.45, 7) is 3.52. The highest BCUT2D eigenvalue weighted by molar-refractivity contribution is 7.84. The van der Waals surface area contributed by atoms with Crippen molar-refractivity contribution in [2.24, 2.45) is 0 Å². The van der Waals surface area contributed by atoms with Crippen LogP contribution in [0, 0.1) is 0 Å². The van der Waals surface area contributed by atoms with Gasteiger partial charge in [-0.05, 0) is 6.42 Å². The Labute approximate surface area is 104 Å². The summed E-state index contributed by atoms with van der Waals surface area (Å²) in [5, 5.41) is 6.21. The second-order valence-electron chi connectivity index (χ2n) is 3.63. The number of nitrogens with zero attached hydrogens (tertiary/aromatic N) is 2. The number of nitrogens with one attached hydrogen (secondary N) is 2. The Morgan fingerprint density at radius 1 is 1.29 bits per heavy atom. The lowest BCUT2D eigenvalue weighted by Gasteiger charge is -2.08. The van der Waals surface area contributed by atoms with Crippen molar-refractivity contribution in [1.82, 2.24) is 9.97 Å². The molecule has 0 fully saturated rings. The molecule has 96 valence electrons. The lowest BCUT2D eigenvalue weighted by molar-refractivity contribution is 0.687. The summed E-state index contributed by atoms with van der Waals surface area (Å²) in [5.74, 6) is 2.17. The molecule has 6 nitrogen and oxygen atoms in total. The van der Waals surface area contributed by atoms with E-state index in [2.05, 4.69) is 27.5 Å². The van der Waals surface area contributed by atoms with Gasteiger partial charge in [-0.25, -0.2) is 0 Å². The SMILES string of the molecule is CCCNc1cc(NCCS(C)=O)nc(N)n1. The van der Waals surface area contributed by atoms with Crippen molar-refractivity contribution in [3.05, 3.63) is 6.07 Å². The second kappa shape index (κ2) is 7.05. The molecule has 1 heterocycles. The monoisotopic (exact) mass is 257 g/mol. The molecule has 0 saturated heterocycles. The molecule has 17 heavy (non-hydrogen) atoms. The number of nitrogens with two attached hydrogens (primary N) is 1. The summed E-state index contributed by atoms with van der Waals surface area (Å²) in [4.78, 5) is 8.13. The Kier molecular flexibility index (Phi) is 5.68. The Hall–Kier alpha value is -1.37. The molecular formula is C10H19N5OS. The number of hydrogen-bond donors (Lipinski definition) is 3. The molecular weight excluding hydrogens is 238 g/mol. The molecule has 0 aromatic carbocycles. The zero-order chi connectivity index (χ0) is 12.7. The maximum atomic E-state index is 10.9. The van der Waals surface area contributed by atoms with Crippen molar-refractivity contribution in [2.75, 3.05) is 41.5 Å². The second-order valence-corrected chi connectivity index (χ2v) is 5.18. The van der Waals surface area contributed by atoms with Crippen LogP contribution in [0.1, 0.15) is 13.3 Å². The predicted molar refractivity (Wildman–Crippen MR) is 72.6 cm³/mol. The van der Waals surface area contributed by atoms with Gasteiger partial charge in [-0.2, -0.15) is 9.97 Å². The van der Waals surface area contributed by atoms with Crippen LogP contribution in [0.25, 0.3) is 0 Å². The van der Waals surface area contributed by atoms with Gasteiger partial charge in [-0.15, -0.1) is 0 Å². The van der Waals surface area contributed by atoms with Crippen LogP contribution in [0.15, 0.2) is 6.07 Å². The summed E-state index contributed by atoms with van der Waals surface area (Å²) < 4.78 is 10.9. The molecule has 0 aliphatic heterocycles. The van der Waals surface area contributed by atoms with Crippen LogP contribution < -0.4 is 16.4 Å². The van der Waals surface area contributed by atoms with Gasteiger partial charge in [-0.3, -0.25) is 4.21 Å². The molecule has 0 radical (unpaired) electrons. The van der Waals surface area contributed by atoms with Crippen LogP contribution in [-0.4, -0.2) is 39.3 Å². The van der Waals surface area contributed by atoms with Crippen LogP contribution in [-0.2, 0) is 10.8 Å². The Morgan fingerprint density at radius 3 is 2.41 bits per heavy atom. The normalized spacial score (nSPS) is 12.1. The lowest BCUT2D eigenvalue weighted by atomic mass is 10.4. The first kappa shape index (κ1) is 13.7. The summed E-state index contributed by atoms with van der Waals surface area (Å²) in [5.41, 5.74) is 5.60. The quantitative estimate of drug-likeness (QED) is 0.665. The fourth-order valence-electron chi connectivity index (χ4n) is 1.22. The molecule has 0 amide bonds. The van der Waals surface area contributed by atoms with Crippen molar-refractivity contribution in [2.45, 2.75) is 13.3 Å². The third-order valence-electron chi connectivity index (χ3n) is 2.00. The molecule has 1 aromatic rings. The maximum absolute atomic E-state index is 10.9. The van der Waals surface area contributed by atoms with E-state index in [-0.39, 0.29) is 5.95 Å². The summed E-state index contributed by atoms with van der Waals surface area (Å²) in [6.07, 6.45) is 2.69. The highest BCUT2D eigenvalue weighted by Crippen LogP contribution is 2.12. The summed E-state index contributed by atoms with van der Waals surface area (Å²) >= 11 is 0. The van der Waals surface area contributed by atoms with E-state index in [4.69, 9.17) is 5.73 Å². The lowest BCUT2D eigenvalue weighted by Crippen LogP contribution is -2.13. The fourth-order valence-corrected chi connectivity index (χ4v) is 1.61. The van der Waals surface area contributed by atoms with Crippen LogP contribution >= 0.6 is 0 Å². The number of nitrogen functional groups attached to an aromatic ring is 1. The van der Waals surface area contributed by atoms with E-state index in [9.17, 15) is 4.21 Å². The van der Waals surface area contributed by atoms with Crippen LogP contribution in [0.4, 0.5) is 17.6 Å². The minimum Gasteiger partial charge on any atom is -0.370 e. The van der Waals surface area contributed by atoms with E-state index >= 15 is 0 Å². The van der Waals surface area contributed by atoms with Crippen molar-refractivity contribution in [3.63, 3.8) is 0 Å². The van der Waals surface area contributed by atoms with E-state index < -0.39 is 10.8 Å². The highest BCUT2D eigenvalue weighted by atomic mass is 32.2. The van der Waals surface area contributed by atoms with E-state index in [1.54, 1.807) is 12.3 Å². The first-order chi connectivity index (χ1) is 8.11. The highest BCUT2D eigenvalue weighted by Gasteiger charge is 2.01. The Bertz CT molecular complexity index is 385. The summed E-state index contributed by atoms with van der Waals surface area (Å²) in [7, 11) is -0.808. The molecule has 1 unspecified atom stereocenters. The van der Waals surface area contributed by atoms with Crippen molar-refractivity contribution in [3.8, 4) is 0 Å². The van der Waals surface area contributed by atoms with Crippen LogP contribution in [0.2, 0.25) is 0 Å². The topological polar surface area (TPSA) is 92.9 Å². The first-order valence-corrected chi connectivity index (χ1v) is 7.27. The van der Waals surface area contributed by atoms with Gasteiger partial charge in [0.05, 0.1) is 0 Å². The van der Waals surface area contributed by atoms with E-state index in [0.29, 0.717) is 23.9 Å². The molecule has 0 spiro atoms. The molecule has 0 aliphatic carbocycles. The van der Waals surface area contributed by atoms with Gasteiger partial charge in [0.1, 0.15) is 11.6 Å². The van der Waals surface area contributed by atoms with Crippen LogP contribution in [0.3, 0.4) is 0 Å². The number of rotatable bonds is 7. The van der Waals surface area contributed by atoms with Gasteiger partial charge < -0.3 is 16.4 Å². The fraction of sp³-hybridized carbons (Fsp3) is 0.600. The average Bonchev–Trinajstić information content (AvgIpc) is 2.25. The molecule has 0 aliphatic rings. The van der Waals surface area contributed by atoms with Gasteiger partial charge >= 0.3 is 0 Å². The zero-order valence-electron chi connectivity index (χ0n) is 10.2. The van der Waals surface area contributed by atoms with E-state index in [1.165, 1.54) is 0 Å². The molecule has 1 aromatic heterocycles. The van der Waals surface area contributed by atoms with Gasteiger partial charge in [0.15, 0.2) is 0 Å². The minimum atomic E-state index is -0.808. The number of hydrogen-bond acceptors (Lipinski definition) is 6. The van der Waals surface area contributed by atoms with E-state index in [0.717, 1.165) is 13.0 Å². The largest absolute Gasteiger partial charge is 0.370 e. The van der Waals surface area contributed by atoms with Crippen molar-refractivity contribution in [1.29, 1.82) is 0 Å². The molecule has 4 N–H and O–H groups in total. The summed E-state index contributed by atoms with van der Waals surface area (Å²) in [6, 6.07) is 1.80. The Balaban J connectivity index is 2.58. The number of aromatic nitrogens is 2. The average molecular weight is 257 g/mol. The smallest absolute Gasteiger partial charge is 0.223 e. The molecule has 0 saturated carbocycles. The van der Waals surface area contributed by atoms with E-state index in [1.807, 2.05) is 0 Å². The third kappa shape index (κ3) is 5.48. The van der Waals surface area contributed by atoms with Gasteiger partial charge in [0.25, 0.3) is 0 Å². The van der Waals surface area contributed by atoms with Crippen molar-refractivity contribution < 1.29 is 4.21 Å². The number of anilines is 3. The molecule has 7 heteroatoms. The minimum absolute atomic E-state index is 0.228. The zero-order valence-corrected chi connectivity index (χ0v) is 11.0. The molecule has 1 atom stereocenters. The first-order valence-electron chi connectivity index (χ1n) is 5.54. The Morgan fingerprint density at radius 2 is 1.88 bits per heavy atom.